The molecule has 1 aromatic carbocycles. The first-order chi connectivity index (χ1) is 13.4. The van der Waals surface area contributed by atoms with Crippen molar-refractivity contribution in [3.8, 4) is 0 Å². The number of carbonyl (C=O) groups excluding carboxylic acids is 2. The molecule has 7 nitrogen and oxygen atoms in total. The van der Waals surface area contributed by atoms with Crippen LogP contribution < -0.4 is 10.6 Å². The molecule has 2 aromatic rings. The number of carbonyl (C=O) groups is 2. The van der Waals surface area contributed by atoms with Crippen molar-refractivity contribution in [3.05, 3.63) is 47.8 Å². The number of nitrogens with zero attached hydrogens (tertiary/aromatic N) is 3. The second-order valence-electron chi connectivity index (χ2n) is 7.75. The van der Waals surface area contributed by atoms with Crippen LogP contribution in [0.15, 0.2) is 36.7 Å². The van der Waals surface area contributed by atoms with E-state index < -0.39 is 0 Å². The molecule has 2 N–H and O–H groups in total. The molecule has 7 heteroatoms. The minimum Gasteiger partial charge on any atom is -0.352 e. The zero-order valence-electron chi connectivity index (χ0n) is 16.8. The van der Waals surface area contributed by atoms with Crippen molar-refractivity contribution in [2.24, 2.45) is 13.0 Å². The molecule has 0 radical (unpaired) electrons. The van der Waals surface area contributed by atoms with Gasteiger partial charge in [-0.1, -0.05) is 26.0 Å². The highest BCUT2D eigenvalue weighted by atomic mass is 16.2. The van der Waals surface area contributed by atoms with Crippen molar-refractivity contribution in [3.63, 3.8) is 0 Å². The van der Waals surface area contributed by atoms with Gasteiger partial charge < -0.3 is 15.5 Å². The van der Waals surface area contributed by atoms with E-state index in [1.165, 1.54) is 5.56 Å². The van der Waals surface area contributed by atoms with Crippen LogP contribution in [0.3, 0.4) is 0 Å². The molecule has 28 heavy (non-hydrogen) atoms. The summed E-state index contributed by atoms with van der Waals surface area (Å²) in [4.78, 5) is 26.5. The first kappa shape index (κ1) is 19.9. The molecule has 2 heterocycles. The van der Waals surface area contributed by atoms with Gasteiger partial charge in [0.2, 0.25) is 0 Å². The highest BCUT2D eigenvalue weighted by molar-refractivity contribution is 5.93. The molecule has 1 aromatic heterocycles. The van der Waals surface area contributed by atoms with Crippen LogP contribution >= 0.6 is 0 Å². The fourth-order valence-corrected chi connectivity index (χ4v) is 3.40. The maximum Gasteiger partial charge on any atom is 0.321 e. The van der Waals surface area contributed by atoms with Gasteiger partial charge in [-0.2, -0.15) is 5.10 Å². The van der Waals surface area contributed by atoms with Crippen LogP contribution in [-0.4, -0.2) is 46.3 Å². The predicted molar refractivity (Wildman–Crippen MR) is 109 cm³/mol. The van der Waals surface area contributed by atoms with E-state index in [1.54, 1.807) is 24.1 Å². The number of aromatic nitrogens is 2. The number of piperidine rings is 1. The minimum atomic E-state index is -0.0988. The molecule has 0 unspecified atom stereocenters. The number of rotatable bonds is 5. The van der Waals surface area contributed by atoms with Crippen LogP contribution in [0.5, 0.6) is 0 Å². The van der Waals surface area contributed by atoms with E-state index in [2.05, 4.69) is 35.6 Å². The summed E-state index contributed by atoms with van der Waals surface area (Å²) in [6, 6.07) is 7.94. The number of nitrogens with one attached hydrogen (secondary N) is 2. The summed E-state index contributed by atoms with van der Waals surface area (Å²) in [7, 11) is 1.79. The normalized spacial score (nSPS) is 14.9. The van der Waals surface area contributed by atoms with Crippen LogP contribution in [0, 0.1) is 5.92 Å². The smallest absolute Gasteiger partial charge is 0.321 e. The fourth-order valence-electron chi connectivity index (χ4n) is 3.40. The van der Waals surface area contributed by atoms with Crippen molar-refractivity contribution >= 4 is 17.6 Å². The Balaban J connectivity index is 1.44. The second-order valence-corrected chi connectivity index (χ2v) is 7.75. The van der Waals surface area contributed by atoms with E-state index >= 15 is 0 Å². The van der Waals surface area contributed by atoms with E-state index in [9.17, 15) is 9.59 Å². The highest BCUT2D eigenvalue weighted by Gasteiger charge is 2.23. The summed E-state index contributed by atoms with van der Waals surface area (Å²) in [6.45, 7) is 6.30. The topological polar surface area (TPSA) is 79.3 Å². The number of hydrogen-bond donors (Lipinski definition) is 2. The molecule has 0 atom stereocenters. The average Bonchev–Trinajstić information content (AvgIpc) is 3.13. The van der Waals surface area contributed by atoms with Gasteiger partial charge in [0.1, 0.15) is 0 Å². The monoisotopic (exact) mass is 383 g/mol. The molecule has 1 aliphatic heterocycles. The summed E-state index contributed by atoms with van der Waals surface area (Å²) in [5.41, 5.74) is 2.62. The van der Waals surface area contributed by atoms with Crippen molar-refractivity contribution < 1.29 is 9.59 Å². The molecule has 3 amide bonds. The molecule has 0 bridgehead atoms. The molecular weight excluding hydrogens is 354 g/mol. The van der Waals surface area contributed by atoms with Crippen LogP contribution in [0.25, 0.3) is 0 Å². The lowest BCUT2D eigenvalue weighted by Crippen LogP contribution is -2.43. The van der Waals surface area contributed by atoms with Crippen LogP contribution in [0.4, 0.5) is 10.5 Å². The minimum absolute atomic E-state index is 0.0567. The van der Waals surface area contributed by atoms with Crippen molar-refractivity contribution in [2.75, 3.05) is 25.0 Å². The largest absolute Gasteiger partial charge is 0.352 e. The highest BCUT2D eigenvalue weighted by Crippen LogP contribution is 2.21. The molecule has 1 saturated heterocycles. The van der Waals surface area contributed by atoms with E-state index in [0.717, 1.165) is 18.5 Å². The van der Waals surface area contributed by atoms with Gasteiger partial charge in [0.05, 0.1) is 11.8 Å². The molecule has 3 rings (SSSR count). The zero-order chi connectivity index (χ0) is 20.1. The summed E-state index contributed by atoms with van der Waals surface area (Å²) in [5.74, 6) is 0.710. The Bertz CT molecular complexity index is 822. The Morgan fingerprint density at radius 3 is 2.64 bits per heavy atom. The molecular formula is C21H29N5O2. The summed E-state index contributed by atoms with van der Waals surface area (Å²) in [6.07, 6.45) is 5.03. The molecule has 0 spiro atoms. The standard InChI is InChI=1S/C21H29N5O2/c1-15(2)17-5-4-6-19(11-17)24-21(28)26-9-7-16(8-10-26)12-22-20(27)18-13-23-25(3)14-18/h4-6,11,13-16H,7-10,12H2,1-3H3,(H,22,27)(H,24,28). The molecule has 0 saturated carbocycles. The number of aryl methyl sites for hydroxylation is 1. The van der Waals surface area contributed by atoms with E-state index in [1.807, 2.05) is 23.1 Å². The van der Waals surface area contributed by atoms with Gasteiger partial charge >= 0.3 is 6.03 Å². The van der Waals surface area contributed by atoms with Gasteiger partial charge in [-0.05, 0) is 42.4 Å². The SMILES string of the molecule is CC(C)c1cccc(NC(=O)N2CCC(CNC(=O)c3cnn(C)c3)CC2)c1. The molecule has 0 aliphatic carbocycles. The number of anilines is 1. The lowest BCUT2D eigenvalue weighted by Gasteiger charge is -2.32. The van der Waals surface area contributed by atoms with E-state index in [0.29, 0.717) is 37.0 Å². The Kier molecular flexibility index (Phi) is 6.34. The van der Waals surface area contributed by atoms with Gasteiger partial charge in [-0.3, -0.25) is 9.48 Å². The third kappa shape index (κ3) is 5.12. The van der Waals surface area contributed by atoms with Crippen LogP contribution in [-0.2, 0) is 7.05 Å². The van der Waals surface area contributed by atoms with Crippen molar-refractivity contribution in [1.82, 2.24) is 20.0 Å². The maximum atomic E-state index is 12.5. The van der Waals surface area contributed by atoms with Gasteiger partial charge in [-0.15, -0.1) is 0 Å². The first-order valence-electron chi connectivity index (χ1n) is 9.85. The van der Waals surface area contributed by atoms with Gasteiger partial charge in [0, 0.05) is 38.6 Å². The van der Waals surface area contributed by atoms with Gasteiger partial charge in [0.15, 0.2) is 0 Å². The maximum absolute atomic E-state index is 12.5. The van der Waals surface area contributed by atoms with Crippen molar-refractivity contribution in [1.29, 1.82) is 0 Å². The van der Waals surface area contributed by atoms with Crippen LogP contribution in [0.2, 0.25) is 0 Å². The Labute approximate surface area is 166 Å². The third-order valence-electron chi connectivity index (χ3n) is 5.22. The number of urea groups is 1. The molecule has 1 aliphatic rings. The van der Waals surface area contributed by atoms with Crippen LogP contribution in [0.1, 0.15) is 48.5 Å². The average molecular weight is 383 g/mol. The molecule has 150 valence electrons. The third-order valence-corrected chi connectivity index (χ3v) is 5.22. The first-order valence-corrected chi connectivity index (χ1v) is 9.85. The summed E-state index contributed by atoms with van der Waals surface area (Å²) < 4.78 is 1.61. The van der Waals surface area contributed by atoms with E-state index in [-0.39, 0.29) is 11.9 Å². The lowest BCUT2D eigenvalue weighted by atomic mass is 9.97. The Morgan fingerprint density at radius 2 is 2.00 bits per heavy atom. The summed E-state index contributed by atoms with van der Waals surface area (Å²) in [5, 5.41) is 9.99. The number of likely N-dealkylation sites (tertiary alicyclic amines) is 1. The predicted octanol–water partition coefficient (Wildman–Crippen LogP) is 3.22. The van der Waals surface area contributed by atoms with Gasteiger partial charge in [-0.25, -0.2) is 4.79 Å². The lowest BCUT2D eigenvalue weighted by molar-refractivity contribution is 0.0938. The Hall–Kier alpha value is -2.83. The van der Waals surface area contributed by atoms with Gasteiger partial charge in [0.25, 0.3) is 5.91 Å². The second kappa shape index (κ2) is 8.91. The fraction of sp³-hybridized carbons (Fsp3) is 0.476. The zero-order valence-corrected chi connectivity index (χ0v) is 16.8. The number of amides is 3. The summed E-state index contributed by atoms with van der Waals surface area (Å²) >= 11 is 0. The van der Waals surface area contributed by atoms with Crippen molar-refractivity contribution in [2.45, 2.75) is 32.6 Å². The quantitative estimate of drug-likeness (QED) is 0.832. The van der Waals surface area contributed by atoms with E-state index in [4.69, 9.17) is 0 Å². The molecule has 1 fully saturated rings. The Morgan fingerprint density at radius 1 is 1.25 bits per heavy atom. The number of benzene rings is 1. The number of hydrogen-bond acceptors (Lipinski definition) is 3.